The van der Waals surface area contributed by atoms with E-state index in [0.717, 1.165) is 11.3 Å². The van der Waals surface area contributed by atoms with Gasteiger partial charge in [-0.1, -0.05) is 0 Å². The number of hydrogen-bond donors (Lipinski definition) is 1. The Morgan fingerprint density at radius 3 is 2.16 bits per heavy atom. The maximum atomic E-state index is 13.1. The topological polar surface area (TPSA) is 101 Å². The fourth-order valence-electron chi connectivity index (χ4n) is 3.08. The van der Waals surface area contributed by atoms with E-state index in [-0.39, 0.29) is 29.4 Å². The Hall–Kier alpha value is -3.62. The number of rotatable bonds is 6. The maximum absolute atomic E-state index is 13.1. The van der Waals surface area contributed by atoms with Crippen molar-refractivity contribution >= 4 is 23.2 Å². The van der Waals surface area contributed by atoms with Gasteiger partial charge in [0.1, 0.15) is 27.0 Å². The first-order chi connectivity index (χ1) is 17.1. The number of hydrogen-bond acceptors (Lipinski definition) is 7. The van der Waals surface area contributed by atoms with E-state index >= 15 is 0 Å². The molecule has 0 fully saturated rings. The van der Waals surface area contributed by atoms with Gasteiger partial charge < -0.3 is 10.2 Å². The molecule has 37 heavy (non-hydrogen) atoms. The van der Waals surface area contributed by atoms with E-state index in [1.807, 2.05) is 0 Å². The molecule has 2 amide bonds. The highest BCUT2D eigenvalue weighted by Crippen LogP contribution is 2.34. The van der Waals surface area contributed by atoms with Crippen LogP contribution in [0.1, 0.15) is 62.7 Å². The van der Waals surface area contributed by atoms with E-state index in [0.29, 0.717) is 22.1 Å². The molecule has 8 nitrogen and oxygen atoms in total. The van der Waals surface area contributed by atoms with E-state index in [1.165, 1.54) is 24.2 Å². The molecule has 198 valence electrons. The molecular formula is C22H20F6N6O2S. The number of carbonyl (C=O) groups excluding carboxylic acids is 2. The quantitative estimate of drug-likeness (QED) is 0.441. The third kappa shape index (κ3) is 6.39. The van der Waals surface area contributed by atoms with E-state index in [1.54, 1.807) is 20.9 Å². The Morgan fingerprint density at radius 1 is 1.03 bits per heavy atom. The zero-order valence-electron chi connectivity index (χ0n) is 19.8. The predicted molar refractivity (Wildman–Crippen MR) is 121 cm³/mol. The van der Waals surface area contributed by atoms with Gasteiger partial charge in [0.05, 0.1) is 23.6 Å². The highest BCUT2D eigenvalue weighted by molar-refractivity contribution is 7.16. The van der Waals surface area contributed by atoms with Crippen LogP contribution in [-0.2, 0) is 12.4 Å². The van der Waals surface area contributed by atoms with Crippen molar-refractivity contribution in [2.24, 2.45) is 0 Å². The van der Waals surface area contributed by atoms with Crippen molar-refractivity contribution in [2.45, 2.75) is 39.2 Å². The zero-order chi connectivity index (χ0) is 27.7. The molecule has 1 atom stereocenters. The molecule has 3 aromatic heterocycles. The summed E-state index contributed by atoms with van der Waals surface area (Å²) in [4.78, 5) is 42.4. The molecule has 0 saturated carbocycles. The van der Waals surface area contributed by atoms with Gasteiger partial charge in [0.25, 0.3) is 11.8 Å². The summed E-state index contributed by atoms with van der Waals surface area (Å²) >= 11 is 1.02. The normalized spacial score (nSPS) is 12.8. The molecule has 0 radical (unpaired) electrons. The summed E-state index contributed by atoms with van der Waals surface area (Å²) in [5.41, 5.74) is -3.80. The number of halogens is 6. The highest BCUT2D eigenvalue weighted by Gasteiger charge is 2.39. The number of pyridine rings is 1. The third-order valence-electron chi connectivity index (χ3n) is 5.09. The van der Waals surface area contributed by atoms with Crippen LogP contribution in [0.2, 0.25) is 0 Å². The van der Waals surface area contributed by atoms with Gasteiger partial charge in [-0.2, -0.15) is 26.3 Å². The zero-order valence-corrected chi connectivity index (χ0v) is 20.6. The first-order valence-corrected chi connectivity index (χ1v) is 11.5. The number of thiazole rings is 1. The molecular weight excluding hydrogens is 526 g/mol. The summed E-state index contributed by atoms with van der Waals surface area (Å²) < 4.78 is 78.8. The predicted octanol–water partition coefficient (Wildman–Crippen LogP) is 4.92. The second kappa shape index (κ2) is 10.4. The molecule has 1 unspecified atom stereocenters. The highest BCUT2D eigenvalue weighted by atomic mass is 32.1. The second-order valence-corrected chi connectivity index (χ2v) is 8.94. The summed E-state index contributed by atoms with van der Waals surface area (Å²) in [7, 11) is 1.62. The van der Waals surface area contributed by atoms with Gasteiger partial charge in [-0.3, -0.25) is 14.6 Å². The van der Waals surface area contributed by atoms with Crippen molar-refractivity contribution in [3.63, 3.8) is 0 Å². The Labute approximate surface area is 210 Å². The van der Waals surface area contributed by atoms with Gasteiger partial charge in [-0.15, -0.1) is 11.3 Å². The molecule has 0 aromatic carbocycles. The summed E-state index contributed by atoms with van der Waals surface area (Å²) in [5.74, 6) is -1.48. The number of carbonyl (C=O) groups is 2. The first kappa shape index (κ1) is 28.0. The van der Waals surface area contributed by atoms with Gasteiger partial charge in [0.2, 0.25) is 0 Å². The molecule has 0 aliphatic rings. The average Bonchev–Trinajstić information content (AvgIpc) is 3.31. The Balaban J connectivity index is 1.96. The molecule has 0 aliphatic carbocycles. The molecule has 3 aromatic rings. The summed E-state index contributed by atoms with van der Waals surface area (Å²) in [6.07, 6.45) is -7.63. The van der Waals surface area contributed by atoms with Gasteiger partial charge in [-0.25, -0.2) is 15.0 Å². The maximum Gasteiger partial charge on any atom is 0.433 e. The van der Waals surface area contributed by atoms with Crippen LogP contribution in [-0.4, -0.2) is 50.2 Å². The van der Waals surface area contributed by atoms with Crippen LogP contribution >= 0.6 is 11.3 Å². The summed E-state index contributed by atoms with van der Waals surface area (Å²) in [6.45, 7) is 5.31. The number of amides is 2. The Bertz CT molecular complexity index is 1290. The fraction of sp³-hybridized carbons (Fsp3) is 0.364. The molecule has 0 aliphatic heterocycles. The molecule has 15 heteroatoms. The third-order valence-corrected chi connectivity index (χ3v) is 6.08. The smallest absolute Gasteiger partial charge is 0.344 e. The van der Waals surface area contributed by atoms with Crippen LogP contribution in [0.15, 0.2) is 24.5 Å². The first-order valence-electron chi connectivity index (χ1n) is 10.6. The standard InChI is InChI=1S/C22H20F6N6O2S/c1-5-34(4)20(36)13-9-30-19(37-13)17-16(31-10(2)8-29-17)11(3)32-18(35)12-6-14(21(23,24)25)33-15(7-12)22(26,27)28/h6-9,11H,5H2,1-4H3,(H,32,35). The fourth-order valence-corrected chi connectivity index (χ4v) is 3.99. The van der Waals surface area contributed by atoms with E-state index in [4.69, 9.17) is 0 Å². The average molecular weight is 546 g/mol. The lowest BCUT2D eigenvalue weighted by molar-refractivity contribution is -0.150. The largest absolute Gasteiger partial charge is 0.433 e. The summed E-state index contributed by atoms with van der Waals surface area (Å²) in [5, 5.41) is 2.65. The number of nitrogens with zero attached hydrogens (tertiary/aromatic N) is 5. The van der Waals surface area contributed by atoms with Crippen LogP contribution in [0.25, 0.3) is 10.7 Å². The van der Waals surface area contributed by atoms with Crippen LogP contribution in [0.3, 0.4) is 0 Å². The van der Waals surface area contributed by atoms with Gasteiger partial charge in [0, 0.05) is 25.4 Å². The number of aryl methyl sites for hydroxylation is 1. The van der Waals surface area contributed by atoms with Gasteiger partial charge >= 0.3 is 12.4 Å². The summed E-state index contributed by atoms with van der Waals surface area (Å²) in [6, 6.07) is -0.528. The minimum absolute atomic E-state index is 0.159. The van der Waals surface area contributed by atoms with Crippen LogP contribution in [0.4, 0.5) is 26.3 Å². The van der Waals surface area contributed by atoms with Gasteiger partial charge in [-0.05, 0) is 32.9 Å². The van der Waals surface area contributed by atoms with E-state index in [9.17, 15) is 35.9 Å². The molecule has 0 saturated heterocycles. The molecule has 0 bridgehead atoms. The SMILES string of the molecule is CCN(C)C(=O)c1cnc(-c2ncc(C)nc2C(C)NC(=O)c2cc(C(F)(F)F)nc(C(F)(F)F)c2)s1. The van der Waals surface area contributed by atoms with E-state index < -0.39 is 41.3 Å². The monoisotopic (exact) mass is 546 g/mol. The second-order valence-electron chi connectivity index (χ2n) is 7.91. The van der Waals surface area contributed by atoms with Crippen molar-refractivity contribution in [3.8, 4) is 10.7 Å². The lowest BCUT2D eigenvalue weighted by Gasteiger charge is -2.17. The van der Waals surface area contributed by atoms with Crippen molar-refractivity contribution in [3.05, 3.63) is 57.7 Å². The number of nitrogens with one attached hydrogen (secondary N) is 1. The van der Waals surface area contributed by atoms with Crippen LogP contribution in [0, 0.1) is 6.92 Å². The molecule has 1 N–H and O–H groups in total. The molecule has 3 rings (SSSR count). The van der Waals surface area contributed by atoms with Crippen molar-refractivity contribution in [2.75, 3.05) is 13.6 Å². The Kier molecular flexibility index (Phi) is 7.86. The van der Waals surface area contributed by atoms with Gasteiger partial charge in [0.15, 0.2) is 0 Å². The minimum Gasteiger partial charge on any atom is -0.344 e. The Morgan fingerprint density at radius 2 is 1.62 bits per heavy atom. The number of aromatic nitrogens is 4. The molecule has 3 heterocycles. The van der Waals surface area contributed by atoms with E-state index in [2.05, 4.69) is 25.3 Å². The molecule has 0 spiro atoms. The van der Waals surface area contributed by atoms with Crippen LogP contribution < -0.4 is 5.32 Å². The lowest BCUT2D eigenvalue weighted by atomic mass is 10.1. The minimum atomic E-state index is -5.21. The van der Waals surface area contributed by atoms with Crippen molar-refractivity contribution in [1.82, 2.24) is 30.2 Å². The number of alkyl halides is 6. The lowest BCUT2D eigenvalue weighted by Crippen LogP contribution is -2.29. The van der Waals surface area contributed by atoms with Crippen molar-refractivity contribution < 1.29 is 35.9 Å². The van der Waals surface area contributed by atoms with Crippen LogP contribution in [0.5, 0.6) is 0 Å². The van der Waals surface area contributed by atoms with Crippen molar-refractivity contribution in [1.29, 1.82) is 0 Å².